The van der Waals surface area contributed by atoms with Crippen LogP contribution in [-0.4, -0.2) is 25.0 Å². The van der Waals surface area contributed by atoms with Crippen molar-refractivity contribution in [1.29, 1.82) is 0 Å². The van der Waals surface area contributed by atoms with Gasteiger partial charge in [0.15, 0.2) is 0 Å². The zero-order valence-electron chi connectivity index (χ0n) is 11.5. The molecule has 1 aliphatic carbocycles. The van der Waals surface area contributed by atoms with E-state index in [1.165, 1.54) is 50.6 Å². The summed E-state index contributed by atoms with van der Waals surface area (Å²) in [4.78, 5) is 2.44. The Kier molecular flexibility index (Phi) is 5.22. The lowest BCUT2D eigenvalue weighted by Gasteiger charge is -2.37. The van der Waals surface area contributed by atoms with Gasteiger partial charge in [-0.05, 0) is 67.2 Å². The van der Waals surface area contributed by atoms with Crippen LogP contribution >= 0.6 is 11.3 Å². The van der Waals surface area contributed by atoms with Crippen molar-refractivity contribution in [2.24, 2.45) is 11.1 Å². The summed E-state index contributed by atoms with van der Waals surface area (Å²) in [5.74, 6) is 0. The second-order valence-electron chi connectivity index (χ2n) is 5.88. The van der Waals surface area contributed by atoms with E-state index in [1.807, 2.05) is 0 Å². The minimum absolute atomic E-state index is 0.446. The van der Waals surface area contributed by atoms with Gasteiger partial charge in [0.1, 0.15) is 0 Å². The van der Waals surface area contributed by atoms with Crippen LogP contribution in [0.3, 0.4) is 0 Å². The van der Waals surface area contributed by atoms with E-state index in [9.17, 15) is 0 Å². The fraction of sp³-hybridized carbons (Fsp3) is 0.733. The van der Waals surface area contributed by atoms with Gasteiger partial charge in [-0.3, -0.25) is 0 Å². The number of thiophene rings is 1. The molecule has 0 atom stereocenters. The van der Waals surface area contributed by atoms with Gasteiger partial charge < -0.3 is 10.6 Å². The minimum atomic E-state index is 0.446. The lowest BCUT2D eigenvalue weighted by atomic mass is 9.72. The Hall–Kier alpha value is -0.380. The molecule has 0 unspecified atom stereocenters. The summed E-state index contributed by atoms with van der Waals surface area (Å²) in [7, 11) is 2.23. The van der Waals surface area contributed by atoms with Crippen LogP contribution in [0.4, 0.5) is 0 Å². The van der Waals surface area contributed by atoms with Gasteiger partial charge in [-0.15, -0.1) is 0 Å². The van der Waals surface area contributed by atoms with E-state index in [4.69, 9.17) is 5.73 Å². The molecule has 1 heterocycles. The smallest absolute Gasteiger partial charge is 0.0238 e. The quantitative estimate of drug-likeness (QED) is 0.854. The van der Waals surface area contributed by atoms with Crippen LogP contribution in [-0.2, 0) is 6.54 Å². The first-order valence-corrected chi connectivity index (χ1v) is 8.08. The summed E-state index contributed by atoms with van der Waals surface area (Å²) < 4.78 is 0. The van der Waals surface area contributed by atoms with Gasteiger partial charge >= 0.3 is 0 Å². The second-order valence-corrected chi connectivity index (χ2v) is 6.66. The molecule has 1 fully saturated rings. The predicted molar refractivity (Wildman–Crippen MR) is 79.8 cm³/mol. The van der Waals surface area contributed by atoms with E-state index in [1.54, 1.807) is 11.3 Å². The van der Waals surface area contributed by atoms with Crippen LogP contribution in [0.2, 0.25) is 0 Å². The molecule has 3 heteroatoms. The zero-order valence-corrected chi connectivity index (χ0v) is 12.3. The molecule has 1 aromatic rings. The largest absolute Gasteiger partial charge is 0.330 e. The molecular formula is C15H26N2S. The molecular weight excluding hydrogens is 240 g/mol. The second kappa shape index (κ2) is 6.69. The van der Waals surface area contributed by atoms with E-state index in [-0.39, 0.29) is 0 Å². The third-order valence-electron chi connectivity index (χ3n) is 4.40. The first kappa shape index (κ1) is 14.0. The van der Waals surface area contributed by atoms with Crippen molar-refractivity contribution >= 4 is 11.3 Å². The van der Waals surface area contributed by atoms with E-state index in [0.29, 0.717) is 5.41 Å². The molecule has 1 aromatic heterocycles. The van der Waals surface area contributed by atoms with Crippen molar-refractivity contribution < 1.29 is 0 Å². The van der Waals surface area contributed by atoms with Crippen molar-refractivity contribution in [2.45, 2.75) is 45.1 Å². The number of hydrogen-bond donors (Lipinski definition) is 1. The molecule has 18 heavy (non-hydrogen) atoms. The fourth-order valence-electron chi connectivity index (χ4n) is 3.06. The van der Waals surface area contributed by atoms with Gasteiger partial charge in [0.2, 0.25) is 0 Å². The molecule has 0 radical (unpaired) electrons. The van der Waals surface area contributed by atoms with Crippen LogP contribution < -0.4 is 5.73 Å². The minimum Gasteiger partial charge on any atom is -0.330 e. The molecule has 0 aromatic carbocycles. The van der Waals surface area contributed by atoms with Crippen LogP contribution in [0, 0.1) is 5.41 Å². The molecule has 102 valence electrons. The summed E-state index contributed by atoms with van der Waals surface area (Å²) in [5, 5.41) is 4.40. The Labute approximate surface area is 115 Å². The van der Waals surface area contributed by atoms with E-state index in [2.05, 4.69) is 28.8 Å². The third kappa shape index (κ3) is 3.81. The molecule has 0 aliphatic heterocycles. The van der Waals surface area contributed by atoms with Gasteiger partial charge in [-0.25, -0.2) is 0 Å². The van der Waals surface area contributed by atoms with Gasteiger partial charge in [-0.2, -0.15) is 11.3 Å². The Morgan fingerprint density at radius 1 is 1.33 bits per heavy atom. The normalized spacial score (nSPS) is 19.3. The topological polar surface area (TPSA) is 29.3 Å². The van der Waals surface area contributed by atoms with Crippen molar-refractivity contribution in [1.82, 2.24) is 4.90 Å². The van der Waals surface area contributed by atoms with Crippen LogP contribution in [0.1, 0.15) is 44.1 Å². The van der Waals surface area contributed by atoms with Gasteiger partial charge in [0.25, 0.3) is 0 Å². The van der Waals surface area contributed by atoms with Crippen molar-refractivity contribution in [2.75, 3.05) is 20.1 Å². The first-order chi connectivity index (χ1) is 8.74. The number of nitrogens with two attached hydrogens (primary N) is 1. The lowest BCUT2D eigenvalue weighted by Crippen LogP contribution is -2.36. The highest BCUT2D eigenvalue weighted by molar-refractivity contribution is 7.07. The molecule has 1 aliphatic rings. The molecule has 2 rings (SSSR count). The van der Waals surface area contributed by atoms with E-state index in [0.717, 1.165) is 13.1 Å². The lowest BCUT2D eigenvalue weighted by molar-refractivity contribution is 0.154. The number of nitrogens with zero attached hydrogens (tertiary/aromatic N) is 1. The monoisotopic (exact) mass is 266 g/mol. The fourth-order valence-corrected chi connectivity index (χ4v) is 3.72. The first-order valence-electron chi connectivity index (χ1n) is 7.14. The highest BCUT2D eigenvalue weighted by atomic mass is 32.1. The molecule has 2 nitrogen and oxygen atoms in total. The summed E-state index contributed by atoms with van der Waals surface area (Å²) in [5.41, 5.74) is 7.93. The third-order valence-corrected chi connectivity index (χ3v) is 5.14. The van der Waals surface area contributed by atoms with Crippen LogP contribution in [0.5, 0.6) is 0 Å². The molecule has 0 bridgehead atoms. The Bertz CT molecular complexity index is 328. The number of rotatable bonds is 6. The molecule has 0 spiro atoms. The maximum absolute atomic E-state index is 6.04. The summed E-state index contributed by atoms with van der Waals surface area (Å²) >= 11 is 1.78. The summed E-state index contributed by atoms with van der Waals surface area (Å²) in [6.07, 6.45) is 8.12. The summed E-state index contributed by atoms with van der Waals surface area (Å²) in [6, 6.07) is 2.22. The molecule has 0 amide bonds. The van der Waals surface area contributed by atoms with E-state index < -0.39 is 0 Å². The predicted octanol–water partition coefficient (Wildman–Crippen LogP) is 3.48. The van der Waals surface area contributed by atoms with Crippen molar-refractivity contribution in [3.63, 3.8) is 0 Å². The maximum Gasteiger partial charge on any atom is 0.0238 e. The van der Waals surface area contributed by atoms with Gasteiger partial charge in [0.05, 0.1) is 0 Å². The van der Waals surface area contributed by atoms with Crippen molar-refractivity contribution in [3.8, 4) is 0 Å². The molecule has 1 saturated carbocycles. The number of hydrogen-bond acceptors (Lipinski definition) is 3. The van der Waals surface area contributed by atoms with Gasteiger partial charge in [0, 0.05) is 6.54 Å². The van der Waals surface area contributed by atoms with Crippen LogP contribution in [0.15, 0.2) is 16.8 Å². The molecule has 0 saturated heterocycles. The Balaban J connectivity index is 1.78. The average molecular weight is 266 g/mol. The molecule has 2 N–H and O–H groups in total. The maximum atomic E-state index is 6.04. The highest BCUT2D eigenvalue weighted by Crippen LogP contribution is 2.38. The standard InChI is InChI=1S/C15H26N2S/c1-17(11-14-5-10-18-12-14)9-8-15(13-16)6-3-2-4-7-15/h5,10,12H,2-4,6-9,11,13,16H2,1H3. The van der Waals surface area contributed by atoms with E-state index >= 15 is 0 Å². The van der Waals surface area contributed by atoms with Gasteiger partial charge in [-0.1, -0.05) is 19.3 Å². The summed E-state index contributed by atoms with van der Waals surface area (Å²) in [6.45, 7) is 3.12. The zero-order chi connectivity index (χ0) is 12.8. The average Bonchev–Trinajstić information content (AvgIpc) is 2.90. The SMILES string of the molecule is CN(CCC1(CN)CCCCC1)Cc1ccsc1. The Morgan fingerprint density at radius 2 is 2.11 bits per heavy atom. The van der Waals surface area contributed by atoms with Crippen molar-refractivity contribution in [3.05, 3.63) is 22.4 Å². The highest BCUT2D eigenvalue weighted by Gasteiger charge is 2.30. The van der Waals surface area contributed by atoms with Crippen LogP contribution in [0.25, 0.3) is 0 Å². The Morgan fingerprint density at radius 3 is 2.72 bits per heavy atom.